The van der Waals surface area contributed by atoms with E-state index in [1.54, 1.807) is 27.7 Å². The summed E-state index contributed by atoms with van der Waals surface area (Å²) in [6.07, 6.45) is -0.608. The van der Waals surface area contributed by atoms with E-state index in [4.69, 9.17) is 10.00 Å². The highest BCUT2D eigenvalue weighted by Gasteiger charge is 2.18. The van der Waals surface area contributed by atoms with E-state index >= 15 is 0 Å². The van der Waals surface area contributed by atoms with Crippen molar-refractivity contribution in [2.24, 2.45) is 5.41 Å². The molecule has 74 valence electrons. The van der Waals surface area contributed by atoms with Crippen LogP contribution in [0.15, 0.2) is 0 Å². The first-order valence-electron chi connectivity index (χ1n) is 4.23. The molecule has 0 aliphatic carbocycles. The smallest absolute Gasteiger partial charge is 0.407 e. The zero-order valence-electron chi connectivity index (χ0n) is 8.55. The quantitative estimate of drug-likeness (QED) is 0.725. The molecule has 0 aromatic rings. The van der Waals surface area contributed by atoms with Crippen molar-refractivity contribution in [1.82, 2.24) is 5.32 Å². The molecule has 0 saturated carbocycles. The van der Waals surface area contributed by atoms with E-state index in [0.717, 1.165) is 0 Å². The molecule has 0 spiro atoms. The maximum absolute atomic E-state index is 11.0. The summed E-state index contributed by atoms with van der Waals surface area (Å²) in [5.74, 6) is 0. The molecule has 0 bridgehead atoms. The van der Waals surface area contributed by atoms with Gasteiger partial charge in [-0.2, -0.15) is 5.26 Å². The minimum absolute atomic E-state index is 0.134. The van der Waals surface area contributed by atoms with E-state index in [9.17, 15) is 4.79 Å². The molecule has 0 atom stereocenters. The number of ether oxygens (including phenoxy) is 1. The molecule has 4 nitrogen and oxygen atoms in total. The second-order valence-electron chi connectivity index (χ2n) is 3.80. The Kier molecular flexibility index (Phi) is 4.26. The van der Waals surface area contributed by atoms with Crippen molar-refractivity contribution < 1.29 is 9.53 Å². The van der Waals surface area contributed by atoms with Crippen LogP contribution in [0.25, 0.3) is 0 Å². The standard InChI is InChI=1S/C9H16N2O2/c1-7(2)13-8(12)11-6-9(3,4)5-10/h7H,6H2,1-4H3,(H,11,12). The lowest BCUT2D eigenvalue weighted by atomic mass is 9.96. The predicted molar refractivity (Wildman–Crippen MR) is 49.0 cm³/mol. The van der Waals surface area contributed by atoms with Gasteiger partial charge in [0.1, 0.15) is 0 Å². The van der Waals surface area contributed by atoms with Gasteiger partial charge in [0.15, 0.2) is 0 Å². The maximum Gasteiger partial charge on any atom is 0.407 e. The first-order valence-corrected chi connectivity index (χ1v) is 4.23. The van der Waals surface area contributed by atoms with Crippen LogP contribution in [-0.4, -0.2) is 18.7 Å². The number of alkyl carbamates (subject to hydrolysis) is 1. The lowest BCUT2D eigenvalue weighted by molar-refractivity contribution is 0.113. The number of nitrogens with zero attached hydrogens (tertiary/aromatic N) is 1. The number of hydrogen-bond donors (Lipinski definition) is 1. The summed E-state index contributed by atoms with van der Waals surface area (Å²) in [5, 5.41) is 11.2. The van der Waals surface area contributed by atoms with Gasteiger partial charge in [-0.3, -0.25) is 0 Å². The zero-order valence-corrected chi connectivity index (χ0v) is 8.55. The molecule has 1 amide bonds. The van der Waals surface area contributed by atoms with E-state index in [1.807, 2.05) is 0 Å². The molecule has 1 N–H and O–H groups in total. The largest absolute Gasteiger partial charge is 0.447 e. The van der Waals surface area contributed by atoms with Crippen molar-refractivity contribution in [3.8, 4) is 6.07 Å². The van der Waals surface area contributed by atoms with Crippen molar-refractivity contribution >= 4 is 6.09 Å². The molecule has 0 heterocycles. The third-order valence-electron chi connectivity index (χ3n) is 1.32. The third-order valence-corrected chi connectivity index (χ3v) is 1.32. The SMILES string of the molecule is CC(C)OC(=O)NCC(C)(C)C#N. The minimum Gasteiger partial charge on any atom is -0.447 e. The van der Waals surface area contributed by atoms with Gasteiger partial charge in [-0.05, 0) is 27.7 Å². The summed E-state index contributed by atoms with van der Waals surface area (Å²) in [6, 6.07) is 2.08. The van der Waals surface area contributed by atoms with E-state index in [1.165, 1.54) is 0 Å². The number of hydrogen-bond acceptors (Lipinski definition) is 3. The molecule has 0 unspecified atom stereocenters. The Morgan fingerprint density at radius 3 is 2.54 bits per heavy atom. The number of amides is 1. The third kappa shape index (κ3) is 5.97. The monoisotopic (exact) mass is 184 g/mol. The van der Waals surface area contributed by atoms with Crippen LogP contribution in [0.1, 0.15) is 27.7 Å². The van der Waals surface area contributed by atoms with Crippen molar-refractivity contribution in [3.63, 3.8) is 0 Å². The highest BCUT2D eigenvalue weighted by Crippen LogP contribution is 2.10. The zero-order chi connectivity index (χ0) is 10.5. The summed E-state index contributed by atoms with van der Waals surface area (Å²) < 4.78 is 4.83. The van der Waals surface area contributed by atoms with Crippen molar-refractivity contribution in [3.05, 3.63) is 0 Å². The fourth-order valence-corrected chi connectivity index (χ4v) is 0.588. The summed E-state index contributed by atoms with van der Waals surface area (Å²) in [4.78, 5) is 11.0. The molecule has 0 fully saturated rings. The van der Waals surface area contributed by atoms with Crippen molar-refractivity contribution in [2.45, 2.75) is 33.8 Å². The highest BCUT2D eigenvalue weighted by molar-refractivity contribution is 5.67. The number of carbonyl (C=O) groups is 1. The molecule has 0 aromatic carbocycles. The average molecular weight is 184 g/mol. The summed E-state index contributed by atoms with van der Waals surface area (Å²) in [6.45, 7) is 7.35. The van der Waals surface area contributed by atoms with Gasteiger partial charge in [-0.1, -0.05) is 0 Å². The predicted octanol–water partition coefficient (Wildman–Crippen LogP) is 1.67. The first kappa shape index (κ1) is 11.8. The van der Waals surface area contributed by atoms with E-state index in [2.05, 4.69) is 11.4 Å². The molecule has 4 heteroatoms. The van der Waals surface area contributed by atoms with E-state index < -0.39 is 11.5 Å². The van der Waals surface area contributed by atoms with Crippen LogP contribution < -0.4 is 5.32 Å². The van der Waals surface area contributed by atoms with Gasteiger partial charge < -0.3 is 10.1 Å². The van der Waals surface area contributed by atoms with E-state index in [-0.39, 0.29) is 6.10 Å². The first-order chi connectivity index (χ1) is 5.87. The molecule has 0 saturated heterocycles. The normalized spacial score (nSPS) is 10.8. The highest BCUT2D eigenvalue weighted by atomic mass is 16.6. The number of nitriles is 1. The van der Waals surface area contributed by atoms with Gasteiger partial charge in [0, 0.05) is 6.54 Å². The van der Waals surface area contributed by atoms with Gasteiger partial charge in [0.05, 0.1) is 17.6 Å². The second kappa shape index (κ2) is 4.70. The van der Waals surface area contributed by atoms with Gasteiger partial charge in [-0.25, -0.2) is 4.79 Å². The van der Waals surface area contributed by atoms with Crippen LogP contribution in [-0.2, 0) is 4.74 Å². The topological polar surface area (TPSA) is 62.1 Å². The summed E-state index contributed by atoms with van der Waals surface area (Å²) in [7, 11) is 0. The Hall–Kier alpha value is -1.24. The summed E-state index contributed by atoms with van der Waals surface area (Å²) in [5.41, 5.74) is -0.546. The Morgan fingerprint density at radius 1 is 1.62 bits per heavy atom. The van der Waals surface area contributed by atoms with Crippen molar-refractivity contribution in [1.29, 1.82) is 5.26 Å². The molecule has 0 aromatic heterocycles. The molecule has 0 rings (SSSR count). The summed E-state index contributed by atoms with van der Waals surface area (Å²) >= 11 is 0. The number of nitrogens with one attached hydrogen (secondary N) is 1. The molecule has 0 aliphatic heterocycles. The van der Waals surface area contributed by atoms with Crippen LogP contribution in [0.3, 0.4) is 0 Å². The molecule has 0 aliphatic rings. The van der Waals surface area contributed by atoms with Crippen LogP contribution in [0.5, 0.6) is 0 Å². The van der Waals surface area contributed by atoms with Gasteiger partial charge in [0.25, 0.3) is 0 Å². The number of rotatable bonds is 3. The molecular formula is C9H16N2O2. The Balaban J connectivity index is 3.78. The fraction of sp³-hybridized carbons (Fsp3) is 0.778. The van der Waals surface area contributed by atoms with Crippen LogP contribution >= 0.6 is 0 Å². The van der Waals surface area contributed by atoms with Gasteiger partial charge in [0.2, 0.25) is 0 Å². The Morgan fingerprint density at radius 2 is 2.15 bits per heavy atom. The van der Waals surface area contributed by atoms with Crippen LogP contribution in [0.4, 0.5) is 4.79 Å². The second-order valence-corrected chi connectivity index (χ2v) is 3.80. The van der Waals surface area contributed by atoms with Crippen LogP contribution in [0, 0.1) is 16.7 Å². The fourth-order valence-electron chi connectivity index (χ4n) is 0.588. The van der Waals surface area contributed by atoms with Crippen LogP contribution in [0.2, 0.25) is 0 Å². The lowest BCUT2D eigenvalue weighted by Gasteiger charge is -2.16. The lowest BCUT2D eigenvalue weighted by Crippen LogP contribution is -2.34. The maximum atomic E-state index is 11.0. The minimum atomic E-state index is -0.546. The van der Waals surface area contributed by atoms with Gasteiger partial charge in [-0.15, -0.1) is 0 Å². The Bertz CT molecular complexity index is 216. The van der Waals surface area contributed by atoms with Crippen molar-refractivity contribution in [2.75, 3.05) is 6.54 Å². The molecular weight excluding hydrogens is 168 g/mol. The van der Waals surface area contributed by atoms with E-state index in [0.29, 0.717) is 6.54 Å². The molecule has 13 heavy (non-hydrogen) atoms. The average Bonchev–Trinajstić information content (AvgIpc) is 2.00. The number of carbonyl (C=O) groups excluding carboxylic acids is 1. The van der Waals surface area contributed by atoms with Gasteiger partial charge >= 0.3 is 6.09 Å². The molecule has 0 radical (unpaired) electrons. The Labute approximate surface area is 78.9 Å².